The van der Waals surface area contributed by atoms with Crippen LogP contribution in [0.25, 0.3) is 0 Å². The number of nitrogens with two attached hydrogens (primary N) is 1. The number of hydrogen-bond donors (Lipinski definition) is 2. The number of hydrogen-bond acceptors (Lipinski definition) is 3. The van der Waals surface area contributed by atoms with Gasteiger partial charge < -0.3 is 5.73 Å². The van der Waals surface area contributed by atoms with E-state index in [9.17, 15) is 9.59 Å². The fraction of sp³-hybridized carbons (Fsp3) is 0.857. The van der Waals surface area contributed by atoms with E-state index in [0.717, 1.165) is 12.8 Å². The molecule has 0 aliphatic rings. The van der Waals surface area contributed by atoms with E-state index in [2.05, 4.69) is 12.2 Å². The van der Waals surface area contributed by atoms with E-state index in [1.165, 1.54) is 45.4 Å². The molecule has 0 saturated carbocycles. The molecule has 4 nitrogen and oxygen atoms in total. The van der Waals surface area contributed by atoms with Crippen LogP contribution in [-0.4, -0.2) is 24.3 Å². The van der Waals surface area contributed by atoms with Crippen LogP contribution >= 0.6 is 0 Å². The van der Waals surface area contributed by atoms with Crippen LogP contribution in [0.15, 0.2) is 0 Å². The first-order valence-corrected chi connectivity index (χ1v) is 7.12. The average Bonchev–Trinajstić information content (AvgIpc) is 2.30. The normalized spacial score (nSPS) is 12.3. The monoisotopic (exact) mass is 256 g/mol. The summed E-state index contributed by atoms with van der Waals surface area (Å²) in [5.41, 5.74) is 5.12. The highest BCUT2D eigenvalue weighted by atomic mass is 16.2. The smallest absolute Gasteiger partial charge is 0.242 e. The van der Waals surface area contributed by atoms with Gasteiger partial charge in [-0.25, -0.2) is 0 Å². The second-order valence-corrected chi connectivity index (χ2v) is 4.88. The molecule has 106 valence electrons. The predicted molar refractivity (Wildman–Crippen MR) is 74.3 cm³/mol. The Morgan fingerprint density at radius 2 is 1.50 bits per heavy atom. The molecule has 0 heterocycles. The Morgan fingerprint density at radius 3 is 1.94 bits per heavy atom. The molecule has 1 unspecified atom stereocenters. The van der Waals surface area contributed by atoms with Crippen molar-refractivity contribution in [3.8, 4) is 0 Å². The van der Waals surface area contributed by atoms with Gasteiger partial charge in [0.2, 0.25) is 5.91 Å². The fourth-order valence-corrected chi connectivity index (χ4v) is 1.95. The molecular weight excluding hydrogens is 228 g/mol. The van der Waals surface area contributed by atoms with Crippen LogP contribution in [0.4, 0.5) is 0 Å². The molecule has 0 radical (unpaired) electrons. The summed E-state index contributed by atoms with van der Waals surface area (Å²) in [7, 11) is 0. The van der Waals surface area contributed by atoms with Crippen LogP contribution in [0.1, 0.15) is 65.2 Å². The molecule has 1 amide bonds. The van der Waals surface area contributed by atoms with Gasteiger partial charge in [-0.1, -0.05) is 51.9 Å². The summed E-state index contributed by atoms with van der Waals surface area (Å²) >= 11 is 0. The molecule has 0 aromatic rings. The first kappa shape index (κ1) is 17.1. The molecule has 0 spiro atoms. The maximum absolute atomic E-state index is 11.1. The van der Waals surface area contributed by atoms with Crippen molar-refractivity contribution in [2.24, 2.45) is 5.73 Å². The molecule has 0 bridgehead atoms. The third-order valence-corrected chi connectivity index (χ3v) is 3.07. The topological polar surface area (TPSA) is 72.2 Å². The second kappa shape index (κ2) is 11.2. The molecule has 0 saturated heterocycles. The Bertz CT molecular complexity index is 228. The van der Waals surface area contributed by atoms with Gasteiger partial charge in [-0.2, -0.15) is 0 Å². The van der Waals surface area contributed by atoms with E-state index in [-0.39, 0.29) is 5.78 Å². The fourth-order valence-electron chi connectivity index (χ4n) is 1.95. The average molecular weight is 256 g/mol. The standard InChI is InChI=1S/C14H28N2O2/c1-3-4-5-6-7-8-9-10-11-16-13(12(2)17)14(15)18/h13,16H,3-11H2,1-2H3,(H2,15,18). The number of carbonyl (C=O) groups is 2. The summed E-state index contributed by atoms with van der Waals surface area (Å²) in [6, 6.07) is -0.811. The first-order chi connectivity index (χ1) is 8.59. The van der Waals surface area contributed by atoms with Gasteiger partial charge in [0, 0.05) is 0 Å². The Hall–Kier alpha value is -0.900. The molecule has 3 N–H and O–H groups in total. The largest absolute Gasteiger partial charge is 0.368 e. The second-order valence-electron chi connectivity index (χ2n) is 4.88. The van der Waals surface area contributed by atoms with E-state index in [0.29, 0.717) is 6.54 Å². The van der Waals surface area contributed by atoms with Crippen LogP contribution < -0.4 is 11.1 Å². The summed E-state index contributed by atoms with van der Waals surface area (Å²) in [6.45, 7) is 4.29. The van der Waals surface area contributed by atoms with Crippen molar-refractivity contribution in [3.63, 3.8) is 0 Å². The highest BCUT2D eigenvalue weighted by Crippen LogP contribution is 2.07. The quantitative estimate of drug-likeness (QED) is 0.415. The lowest BCUT2D eigenvalue weighted by atomic mass is 10.1. The zero-order valence-corrected chi connectivity index (χ0v) is 11.8. The molecule has 4 heteroatoms. The minimum absolute atomic E-state index is 0.206. The SMILES string of the molecule is CCCCCCCCCCNC(C(C)=O)C(N)=O. The van der Waals surface area contributed by atoms with Gasteiger partial charge in [-0.05, 0) is 19.9 Å². The number of amides is 1. The van der Waals surface area contributed by atoms with Crippen molar-refractivity contribution in [2.45, 2.75) is 71.3 Å². The van der Waals surface area contributed by atoms with Crippen molar-refractivity contribution >= 4 is 11.7 Å². The van der Waals surface area contributed by atoms with Gasteiger partial charge in [0.1, 0.15) is 6.04 Å². The molecule has 18 heavy (non-hydrogen) atoms. The van der Waals surface area contributed by atoms with E-state index < -0.39 is 11.9 Å². The number of rotatable bonds is 12. The van der Waals surface area contributed by atoms with Gasteiger partial charge in [0.15, 0.2) is 5.78 Å². The minimum atomic E-state index is -0.811. The van der Waals surface area contributed by atoms with Crippen LogP contribution in [0, 0.1) is 0 Å². The highest BCUT2D eigenvalue weighted by Gasteiger charge is 2.18. The summed E-state index contributed by atoms with van der Waals surface area (Å²) in [5.74, 6) is -0.788. The van der Waals surface area contributed by atoms with E-state index in [4.69, 9.17) is 5.73 Å². The number of Topliss-reactive ketones (excluding diaryl/α,β-unsaturated/α-hetero) is 1. The van der Waals surface area contributed by atoms with Gasteiger partial charge in [0.25, 0.3) is 0 Å². The van der Waals surface area contributed by atoms with Crippen molar-refractivity contribution in [1.29, 1.82) is 0 Å². The highest BCUT2D eigenvalue weighted by molar-refractivity contribution is 6.03. The predicted octanol–water partition coefficient (Wildman–Crippen LogP) is 2.16. The maximum atomic E-state index is 11.1. The number of unbranched alkanes of at least 4 members (excludes halogenated alkanes) is 7. The van der Waals surface area contributed by atoms with Crippen molar-refractivity contribution in [1.82, 2.24) is 5.32 Å². The van der Waals surface area contributed by atoms with Crippen LogP contribution in [-0.2, 0) is 9.59 Å². The van der Waals surface area contributed by atoms with Crippen molar-refractivity contribution in [3.05, 3.63) is 0 Å². The number of primary amides is 1. The Labute approximate surface area is 111 Å². The minimum Gasteiger partial charge on any atom is -0.368 e. The van der Waals surface area contributed by atoms with Crippen molar-refractivity contribution < 1.29 is 9.59 Å². The van der Waals surface area contributed by atoms with Crippen LogP contribution in [0.5, 0.6) is 0 Å². The molecule has 0 aliphatic heterocycles. The van der Waals surface area contributed by atoms with Gasteiger partial charge in [-0.15, -0.1) is 0 Å². The molecule has 0 aliphatic carbocycles. The van der Waals surface area contributed by atoms with Gasteiger partial charge >= 0.3 is 0 Å². The van der Waals surface area contributed by atoms with Gasteiger partial charge in [-0.3, -0.25) is 14.9 Å². The lowest BCUT2D eigenvalue weighted by Crippen LogP contribution is -2.46. The molecular formula is C14H28N2O2. The van der Waals surface area contributed by atoms with E-state index >= 15 is 0 Å². The Balaban J connectivity index is 3.39. The number of ketones is 1. The summed E-state index contributed by atoms with van der Waals surface area (Å²) < 4.78 is 0. The summed E-state index contributed by atoms with van der Waals surface area (Å²) in [6.07, 6.45) is 9.91. The first-order valence-electron chi connectivity index (χ1n) is 7.12. The summed E-state index contributed by atoms with van der Waals surface area (Å²) in [4.78, 5) is 22.0. The lowest BCUT2D eigenvalue weighted by molar-refractivity contribution is -0.128. The summed E-state index contributed by atoms with van der Waals surface area (Å²) in [5, 5.41) is 2.91. The van der Waals surface area contributed by atoms with E-state index in [1.807, 2.05) is 0 Å². The third-order valence-electron chi connectivity index (χ3n) is 3.07. The van der Waals surface area contributed by atoms with E-state index in [1.54, 1.807) is 0 Å². The Morgan fingerprint density at radius 1 is 1.00 bits per heavy atom. The molecule has 0 aromatic carbocycles. The lowest BCUT2D eigenvalue weighted by Gasteiger charge is -2.11. The van der Waals surface area contributed by atoms with Gasteiger partial charge in [0.05, 0.1) is 0 Å². The zero-order chi connectivity index (χ0) is 13.8. The molecule has 0 fully saturated rings. The van der Waals surface area contributed by atoms with Crippen LogP contribution in [0.3, 0.4) is 0 Å². The Kier molecular flexibility index (Phi) is 10.6. The third kappa shape index (κ3) is 9.16. The number of carbonyl (C=O) groups excluding carboxylic acids is 2. The molecule has 0 aromatic heterocycles. The molecule has 0 rings (SSSR count). The van der Waals surface area contributed by atoms with Crippen LogP contribution in [0.2, 0.25) is 0 Å². The maximum Gasteiger partial charge on any atom is 0.242 e. The molecule has 1 atom stereocenters. The zero-order valence-electron chi connectivity index (χ0n) is 11.8. The number of nitrogens with one attached hydrogen (secondary N) is 1. The van der Waals surface area contributed by atoms with Crippen molar-refractivity contribution in [2.75, 3.05) is 6.54 Å².